The quantitative estimate of drug-likeness (QED) is 0.400. The Morgan fingerprint density at radius 3 is 2.69 bits per heavy atom. The average molecular weight is 533 g/mol. The van der Waals surface area contributed by atoms with E-state index in [2.05, 4.69) is 30.6 Å². The molecule has 2 aliphatic rings. The summed E-state index contributed by atoms with van der Waals surface area (Å²) in [7, 11) is 3.65. The molecule has 1 aliphatic carbocycles. The molecule has 2 aromatic carbocycles. The van der Waals surface area contributed by atoms with Gasteiger partial charge in [0, 0.05) is 37.5 Å². The zero-order valence-electron chi connectivity index (χ0n) is 20.8. The first kappa shape index (κ1) is 24.4. The van der Waals surface area contributed by atoms with E-state index in [-0.39, 0.29) is 23.1 Å². The number of nitrogens with one attached hydrogen (secondary N) is 1. The normalized spacial score (nSPS) is 15.3. The van der Waals surface area contributed by atoms with Gasteiger partial charge >= 0.3 is 6.29 Å². The Morgan fingerprint density at radius 1 is 1.21 bits per heavy atom. The first-order valence-electron chi connectivity index (χ1n) is 12.0. The van der Waals surface area contributed by atoms with E-state index in [1.165, 1.54) is 29.4 Å². The summed E-state index contributed by atoms with van der Waals surface area (Å²) in [5.74, 6) is -0.763. The standard InChI is InChI=1S/C26H21F2N7O4/c1-33(2)18-7-3-14(9-15(18)11-29)22-23-24(31-13-30-23)25(37)34(32-22)12-21(36)35(16-4-5-16)17-6-8-19-20(10-17)39-26(27,28)38-19/h3,6-10,13,16H,4-5,12H2,1-2H3,(H,30,31). The van der Waals surface area contributed by atoms with Crippen molar-refractivity contribution in [1.82, 2.24) is 19.7 Å². The number of carbonyl (C=O) groups excluding carboxylic acids is 1. The topological polar surface area (TPSA) is 129 Å². The molecule has 1 amide bonds. The van der Waals surface area contributed by atoms with Crippen LogP contribution in [-0.2, 0) is 11.3 Å². The number of amides is 1. The SMILES string of the molecule is CN(C)c1ccc(-c2nn(CC(=O)N(c3ccc4c(c3)OC(F)(F)O4)C3CC3)c(=O)c3[nH]cnc23)cc1C#N. The van der Waals surface area contributed by atoms with Crippen molar-refractivity contribution in [3.63, 3.8) is 0 Å². The van der Waals surface area contributed by atoms with Gasteiger partial charge in [-0.1, -0.05) is 6.07 Å². The van der Waals surface area contributed by atoms with Crippen molar-refractivity contribution in [3.8, 4) is 28.8 Å². The van der Waals surface area contributed by atoms with Crippen LogP contribution >= 0.6 is 0 Å². The number of aromatic nitrogens is 4. The van der Waals surface area contributed by atoms with Gasteiger partial charge in [-0.3, -0.25) is 9.59 Å². The fourth-order valence-corrected chi connectivity index (χ4v) is 4.63. The van der Waals surface area contributed by atoms with Crippen LogP contribution in [0.25, 0.3) is 22.3 Å². The molecule has 4 aromatic rings. The molecule has 6 rings (SSSR count). The van der Waals surface area contributed by atoms with Crippen molar-refractivity contribution >= 4 is 28.3 Å². The predicted octanol–water partition coefficient (Wildman–Crippen LogP) is 3.24. The first-order valence-corrected chi connectivity index (χ1v) is 12.0. The Balaban J connectivity index is 1.38. The van der Waals surface area contributed by atoms with Crippen molar-refractivity contribution in [2.45, 2.75) is 31.7 Å². The van der Waals surface area contributed by atoms with Crippen LogP contribution in [0.1, 0.15) is 18.4 Å². The van der Waals surface area contributed by atoms with Crippen LogP contribution < -0.4 is 24.8 Å². The molecule has 39 heavy (non-hydrogen) atoms. The summed E-state index contributed by atoms with van der Waals surface area (Å²) in [6.45, 7) is -0.414. The smallest absolute Gasteiger partial charge is 0.395 e. The van der Waals surface area contributed by atoms with Gasteiger partial charge in [-0.05, 0) is 37.1 Å². The van der Waals surface area contributed by atoms with Gasteiger partial charge < -0.3 is 24.3 Å². The first-order chi connectivity index (χ1) is 18.6. The van der Waals surface area contributed by atoms with Gasteiger partial charge in [0.2, 0.25) is 5.91 Å². The Kier molecular flexibility index (Phi) is 5.49. The van der Waals surface area contributed by atoms with Crippen LogP contribution in [0.5, 0.6) is 11.5 Å². The van der Waals surface area contributed by atoms with Gasteiger partial charge in [0.15, 0.2) is 11.5 Å². The summed E-state index contributed by atoms with van der Waals surface area (Å²) in [6.07, 6.45) is -0.975. The fraction of sp³-hybridized carbons (Fsp3) is 0.269. The van der Waals surface area contributed by atoms with Crippen molar-refractivity contribution in [2.24, 2.45) is 0 Å². The van der Waals surface area contributed by atoms with Crippen molar-refractivity contribution in [1.29, 1.82) is 5.26 Å². The minimum Gasteiger partial charge on any atom is -0.395 e. The molecule has 13 heteroatoms. The summed E-state index contributed by atoms with van der Waals surface area (Å²) in [4.78, 5) is 37.1. The number of hydrogen-bond donors (Lipinski definition) is 1. The Labute approximate surface area is 219 Å². The second kappa shape index (κ2) is 8.80. The van der Waals surface area contributed by atoms with Gasteiger partial charge in [0.25, 0.3) is 5.56 Å². The Morgan fingerprint density at radius 2 is 1.97 bits per heavy atom. The van der Waals surface area contributed by atoms with Crippen LogP contribution in [0.3, 0.4) is 0 Å². The number of hydrogen-bond acceptors (Lipinski definition) is 8. The lowest BCUT2D eigenvalue weighted by Gasteiger charge is -2.23. The lowest BCUT2D eigenvalue weighted by molar-refractivity contribution is -0.286. The molecule has 0 bridgehead atoms. The maximum Gasteiger partial charge on any atom is 0.586 e. The average Bonchev–Trinajstić information content (AvgIpc) is 3.49. The molecule has 198 valence electrons. The molecule has 1 N–H and O–H groups in total. The van der Waals surface area contributed by atoms with E-state index >= 15 is 0 Å². The largest absolute Gasteiger partial charge is 0.586 e. The number of halogens is 2. The number of carbonyl (C=O) groups is 1. The molecule has 3 heterocycles. The number of ether oxygens (including phenoxy) is 2. The lowest BCUT2D eigenvalue weighted by atomic mass is 10.1. The molecule has 1 fully saturated rings. The van der Waals surface area contributed by atoms with E-state index < -0.39 is 24.3 Å². The van der Waals surface area contributed by atoms with Crippen molar-refractivity contribution in [3.05, 3.63) is 58.6 Å². The number of benzene rings is 2. The molecule has 0 saturated heterocycles. The van der Waals surface area contributed by atoms with E-state index in [0.29, 0.717) is 33.7 Å². The molecule has 1 saturated carbocycles. The number of fused-ring (bicyclic) bond motifs is 2. The van der Waals surface area contributed by atoms with Gasteiger partial charge in [0.05, 0.1) is 17.6 Å². The zero-order chi connectivity index (χ0) is 27.5. The van der Waals surface area contributed by atoms with Crippen LogP contribution in [0.4, 0.5) is 20.2 Å². The third-order valence-corrected chi connectivity index (χ3v) is 6.53. The van der Waals surface area contributed by atoms with Crippen LogP contribution in [-0.4, -0.2) is 52.1 Å². The maximum atomic E-state index is 13.5. The van der Waals surface area contributed by atoms with E-state index in [1.54, 1.807) is 18.2 Å². The van der Waals surface area contributed by atoms with Gasteiger partial charge in [-0.2, -0.15) is 10.4 Å². The van der Waals surface area contributed by atoms with Gasteiger partial charge in [-0.15, -0.1) is 8.78 Å². The molecule has 1 aliphatic heterocycles. The summed E-state index contributed by atoms with van der Waals surface area (Å²) < 4.78 is 37.1. The molecular formula is C26H21F2N7O4. The number of anilines is 2. The molecule has 2 aromatic heterocycles. The highest BCUT2D eigenvalue weighted by Gasteiger charge is 2.44. The van der Waals surface area contributed by atoms with Crippen molar-refractivity contribution < 1.29 is 23.0 Å². The zero-order valence-corrected chi connectivity index (χ0v) is 20.8. The Bertz CT molecular complexity index is 1740. The third-order valence-electron chi connectivity index (χ3n) is 6.53. The predicted molar refractivity (Wildman–Crippen MR) is 136 cm³/mol. The fourth-order valence-electron chi connectivity index (χ4n) is 4.63. The number of aromatic amines is 1. The summed E-state index contributed by atoms with van der Waals surface area (Å²) >= 11 is 0. The van der Waals surface area contributed by atoms with Crippen LogP contribution in [0, 0.1) is 11.3 Å². The molecule has 0 spiro atoms. The van der Waals surface area contributed by atoms with Crippen LogP contribution in [0.2, 0.25) is 0 Å². The molecular weight excluding hydrogens is 512 g/mol. The van der Waals surface area contributed by atoms with E-state index in [9.17, 15) is 23.6 Å². The number of nitrogens with zero attached hydrogens (tertiary/aromatic N) is 6. The summed E-state index contributed by atoms with van der Waals surface area (Å²) in [5.41, 5.74) is 2.25. The highest BCUT2D eigenvalue weighted by atomic mass is 19.3. The number of nitriles is 1. The number of H-pyrrole nitrogens is 1. The minimum absolute atomic E-state index is 0.129. The molecule has 11 nitrogen and oxygen atoms in total. The molecule has 0 atom stereocenters. The highest BCUT2D eigenvalue weighted by Crippen LogP contribution is 2.44. The third kappa shape index (κ3) is 4.29. The maximum absolute atomic E-state index is 13.5. The molecule has 0 unspecified atom stereocenters. The number of alkyl halides is 2. The lowest BCUT2D eigenvalue weighted by Crippen LogP contribution is -2.39. The van der Waals surface area contributed by atoms with Crippen LogP contribution in [0.15, 0.2) is 47.5 Å². The Hall–Kier alpha value is -4.99. The second-order valence-electron chi connectivity index (χ2n) is 9.47. The highest BCUT2D eigenvalue weighted by molar-refractivity contribution is 5.95. The number of rotatable bonds is 6. The van der Waals surface area contributed by atoms with E-state index in [4.69, 9.17) is 0 Å². The summed E-state index contributed by atoms with van der Waals surface area (Å²) in [6, 6.07) is 11.3. The van der Waals surface area contributed by atoms with Gasteiger partial charge in [0.1, 0.15) is 29.3 Å². The van der Waals surface area contributed by atoms with E-state index in [1.807, 2.05) is 19.0 Å². The van der Waals surface area contributed by atoms with Gasteiger partial charge in [-0.25, -0.2) is 9.67 Å². The minimum atomic E-state index is -3.78. The number of imidazole rings is 1. The molecule has 0 radical (unpaired) electrons. The van der Waals surface area contributed by atoms with Crippen molar-refractivity contribution in [2.75, 3.05) is 23.9 Å². The monoisotopic (exact) mass is 533 g/mol. The summed E-state index contributed by atoms with van der Waals surface area (Å²) in [5, 5.41) is 14.1. The van der Waals surface area contributed by atoms with E-state index in [0.717, 1.165) is 17.5 Å². The second-order valence-corrected chi connectivity index (χ2v) is 9.47.